The summed E-state index contributed by atoms with van der Waals surface area (Å²) in [4.78, 5) is 4.79. The van der Waals surface area contributed by atoms with Crippen molar-refractivity contribution in [1.29, 1.82) is 0 Å². The summed E-state index contributed by atoms with van der Waals surface area (Å²) in [6.07, 6.45) is 7.67. The SMILES string of the molecule is CCc1ccnc(-n2c3[c-]c(Oc4[c-]c(-n5nc(C)c(C6C(C(C)(C)C)=CCC[C@@H]6C(C)(C)C)c5C)cc(C(C)C)c4)ccc3c3ccccc32)c1.[Pt+2]. The van der Waals surface area contributed by atoms with Crippen LogP contribution in [-0.2, 0) is 27.5 Å². The summed E-state index contributed by atoms with van der Waals surface area (Å²) in [6.45, 7) is 25.3. The molecule has 6 aromatic rings. The van der Waals surface area contributed by atoms with Gasteiger partial charge in [0.1, 0.15) is 5.82 Å². The van der Waals surface area contributed by atoms with E-state index in [0.29, 0.717) is 23.3 Å². The first-order chi connectivity index (χ1) is 24.7. The standard InChI is InChI=1S/C47H54N4O.Pt/c1-12-32-22-23-48-43(24-32)50-41-19-14-13-16-37(41)38-21-20-35(28-42(38)50)52-36-26-33(29(2)3)25-34(27-36)51-31(5)44(30(4)49-51)45-39(46(6,7)8)17-15-18-40(45)47(9,10)11;/h13-14,16-17,19-26,29,40,45H,12,15,18H2,1-11H3;/q-2;+2/t40-,45?;/m0./s1. The van der Waals surface area contributed by atoms with Gasteiger partial charge in [0.05, 0.1) is 5.69 Å². The molecule has 0 fully saturated rings. The van der Waals surface area contributed by atoms with Gasteiger partial charge in [-0.05, 0) is 90.6 Å². The zero-order valence-corrected chi connectivity index (χ0v) is 35.6. The molecule has 0 spiro atoms. The molecule has 53 heavy (non-hydrogen) atoms. The molecule has 0 radical (unpaired) electrons. The average Bonchev–Trinajstić information content (AvgIpc) is 3.59. The number of aromatic nitrogens is 4. The normalized spacial score (nSPS) is 16.6. The van der Waals surface area contributed by atoms with Crippen LogP contribution >= 0.6 is 0 Å². The fraction of sp³-hybridized carbons (Fsp3) is 0.404. The molecular weight excluding hydrogens is 832 g/mol. The van der Waals surface area contributed by atoms with Gasteiger partial charge in [-0.3, -0.25) is 4.68 Å². The summed E-state index contributed by atoms with van der Waals surface area (Å²) in [5.41, 5.74) is 10.7. The van der Waals surface area contributed by atoms with Crippen molar-refractivity contribution < 1.29 is 25.8 Å². The van der Waals surface area contributed by atoms with E-state index in [1.807, 2.05) is 12.3 Å². The third-order valence-corrected chi connectivity index (χ3v) is 11.2. The Morgan fingerprint density at radius 3 is 2.36 bits per heavy atom. The van der Waals surface area contributed by atoms with Gasteiger partial charge >= 0.3 is 21.1 Å². The monoisotopic (exact) mass is 885 g/mol. The minimum Gasteiger partial charge on any atom is -0.509 e. The predicted molar refractivity (Wildman–Crippen MR) is 215 cm³/mol. The van der Waals surface area contributed by atoms with E-state index < -0.39 is 0 Å². The van der Waals surface area contributed by atoms with Gasteiger partial charge in [0.2, 0.25) is 0 Å². The second kappa shape index (κ2) is 14.7. The Kier molecular flexibility index (Phi) is 10.8. The van der Waals surface area contributed by atoms with Gasteiger partial charge in [0, 0.05) is 40.4 Å². The first kappa shape index (κ1) is 38.8. The molecule has 0 saturated heterocycles. The van der Waals surface area contributed by atoms with E-state index in [9.17, 15) is 0 Å². The van der Waals surface area contributed by atoms with Crippen LogP contribution in [0.4, 0.5) is 0 Å². The Labute approximate surface area is 331 Å². The number of nitrogens with zero attached hydrogens (tertiary/aromatic N) is 4. The van der Waals surface area contributed by atoms with Crippen LogP contribution in [-0.4, -0.2) is 19.3 Å². The third kappa shape index (κ3) is 7.31. The quantitative estimate of drug-likeness (QED) is 0.119. The van der Waals surface area contributed by atoms with E-state index in [0.717, 1.165) is 51.8 Å². The van der Waals surface area contributed by atoms with Gasteiger partial charge in [0.25, 0.3) is 0 Å². The fourth-order valence-corrected chi connectivity index (χ4v) is 8.48. The van der Waals surface area contributed by atoms with Crippen LogP contribution in [0.15, 0.2) is 78.5 Å². The predicted octanol–water partition coefficient (Wildman–Crippen LogP) is 12.6. The molecule has 1 unspecified atom stereocenters. The van der Waals surface area contributed by atoms with Crippen molar-refractivity contribution in [2.45, 2.75) is 107 Å². The Morgan fingerprint density at radius 2 is 1.66 bits per heavy atom. The van der Waals surface area contributed by atoms with Crippen LogP contribution in [0.5, 0.6) is 11.5 Å². The van der Waals surface area contributed by atoms with Crippen LogP contribution in [0.1, 0.15) is 115 Å². The van der Waals surface area contributed by atoms with Gasteiger partial charge in [0.15, 0.2) is 0 Å². The van der Waals surface area contributed by atoms with Gasteiger partial charge in [-0.1, -0.05) is 97.7 Å². The van der Waals surface area contributed by atoms with Gasteiger partial charge in [-0.2, -0.15) is 11.2 Å². The minimum atomic E-state index is 0. The van der Waals surface area contributed by atoms with Crippen molar-refractivity contribution in [1.82, 2.24) is 19.3 Å². The average molecular weight is 886 g/mol. The number of allylic oxidation sites excluding steroid dienone is 2. The molecule has 0 aliphatic heterocycles. The van der Waals surface area contributed by atoms with Crippen LogP contribution < -0.4 is 4.74 Å². The Bertz CT molecular complexity index is 2310. The van der Waals surface area contributed by atoms with Gasteiger partial charge in [-0.25, -0.2) is 4.98 Å². The third-order valence-electron chi connectivity index (χ3n) is 11.2. The van der Waals surface area contributed by atoms with Crippen LogP contribution in [0.2, 0.25) is 0 Å². The summed E-state index contributed by atoms with van der Waals surface area (Å²) < 4.78 is 11.0. The van der Waals surface area contributed by atoms with Crippen molar-refractivity contribution in [2.24, 2.45) is 16.7 Å². The molecule has 2 atom stereocenters. The summed E-state index contributed by atoms with van der Waals surface area (Å²) in [5.74, 6) is 3.29. The van der Waals surface area contributed by atoms with E-state index in [2.05, 4.69) is 158 Å². The summed E-state index contributed by atoms with van der Waals surface area (Å²) in [6, 6.07) is 28.5. The number of benzene rings is 3. The molecule has 7 rings (SSSR count). The van der Waals surface area contributed by atoms with Crippen LogP contribution in [0.25, 0.3) is 33.3 Å². The Hall–Kier alpha value is -3.95. The smallest absolute Gasteiger partial charge is 0.509 e. The van der Waals surface area contributed by atoms with E-state index in [4.69, 9.17) is 14.8 Å². The first-order valence-corrected chi connectivity index (χ1v) is 19.1. The van der Waals surface area contributed by atoms with Crippen molar-refractivity contribution >= 4 is 21.8 Å². The van der Waals surface area contributed by atoms with Crippen molar-refractivity contribution in [2.75, 3.05) is 0 Å². The van der Waals surface area contributed by atoms with Crippen molar-refractivity contribution in [3.8, 4) is 23.0 Å². The number of ether oxygens (including phenoxy) is 1. The maximum atomic E-state index is 6.69. The topological polar surface area (TPSA) is 44.9 Å². The molecule has 0 amide bonds. The molecule has 3 heterocycles. The van der Waals surface area contributed by atoms with Gasteiger partial charge in [-0.15, -0.1) is 41.3 Å². The number of rotatable bonds is 7. The zero-order valence-electron chi connectivity index (χ0n) is 33.3. The molecule has 0 saturated carbocycles. The number of aryl methyl sites for hydroxylation is 2. The second-order valence-electron chi connectivity index (χ2n) is 17.2. The maximum absolute atomic E-state index is 6.69. The molecule has 3 aromatic heterocycles. The minimum absolute atomic E-state index is 0. The zero-order chi connectivity index (χ0) is 37.1. The van der Waals surface area contributed by atoms with E-state index in [1.165, 1.54) is 34.4 Å². The first-order valence-electron chi connectivity index (χ1n) is 19.1. The molecule has 0 N–H and O–H groups in total. The fourth-order valence-electron chi connectivity index (χ4n) is 8.48. The second-order valence-corrected chi connectivity index (χ2v) is 17.2. The Morgan fingerprint density at radius 1 is 0.906 bits per heavy atom. The van der Waals surface area contributed by atoms with Crippen LogP contribution in [0, 0.1) is 42.7 Å². The molecule has 3 aromatic carbocycles. The van der Waals surface area contributed by atoms with E-state index >= 15 is 0 Å². The molecule has 278 valence electrons. The number of hydrogen-bond donors (Lipinski definition) is 0. The molecule has 1 aliphatic carbocycles. The number of hydrogen-bond acceptors (Lipinski definition) is 3. The van der Waals surface area contributed by atoms with E-state index in [1.54, 1.807) is 0 Å². The summed E-state index contributed by atoms with van der Waals surface area (Å²) >= 11 is 0. The molecule has 1 aliphatic rings. The molecule has 5 nitrogen and oxygen atoms in total. The number of pyridine rings is 1. The molecular formula is C47H54N4OPt. The maximum Gasteiger partial charge on any atom is 2.00 e. The number of para-hydroxylation sites is 1. The van der Waals surface area contributed by atoms with E-state index in [-0.39, 0.29) is 37.8 Å². The van der Waals surface area contributed by atoms with Crippen molar-refractivity contribution in [3.63, 3.8) is 0 Å². The Balaban J connectivity index is 0.00000481. The number of fused-ring (bicyclic) bond motifs is 3. The van der Waals surface area contributed by atoms with Gasteiger partial charge < -0.3 is 9.30 Å². The van der Waals surface area contributed by atoms with Crippen LogP contribution in [0.3, 0.4) is 0 Å². The summed E-state index contributed by atoms with van der Waals surface area (Å²) in [5, 5.41) is 7.52. The molecule has 0 bridgehead atoms. The molecule has 6 heteroatoms. The van der Waals surface area contributed by atoms with Crippen molar-refractivity contribution in [3.05, 3.63) is 119 Å². The largest absolute Gasteiger partial charge is 2.00 e. The summed E-state index contributed by atoms with van der Waals surface area (Å²) in [7, 11) is 0.